The molecule has 0 bridgehead atoms. The highest BCUT2D eigenvalue weighted by Gasteiger charge is 2.07. The molecule has 3 rings (SSSR count). The molecule has 19 heavy (non-hydrogen) atoms. The molecule has 3 aromatic rings. The number of fused-ring (bicyclic) bond motifs is 2. The van der Waals surface area contributed by atoms with E-state index in [-0.39, 0.29) is 5.43 Å². The number of aryl methyl sites for hydroxylation is 1. The Balaban J connectivity index is 2.44. The molecule has 0 aliphatic carbocycles. The monoisotopic (exact) mass is 251 g/mol. The van der Waals surface area contributed by atoms with Crippen molar-refractivity contribution in [1.29, 1.82) is 0 Å². The molecule has 0 amide bonds. The second-order valence-electron chi connectivity index (χ2n) is 5.46. The summed E-state index contributed by atoms with van der Waals surface area (Å²) in [5, 5.41) is 1.54. The molecule has 1 heterocycles. The van der Waals surface area contributed by atoms with Gasteiger partial charge in [0.2, 0.25) is 0 Å². The highest BCUT2D eigenvalue weighted by atomic mass is 16.1. The number of pyridine rings is 1. The molecule has 0 fully saturated rings. The normalized spacial score (nSPS) is 11.6. The first-order chi connectivity index (χ1) is 9.06. The molecule has 0 spiro atoms. The molecular formula is C17H17NO. The van der Waals surface area contributed by atoms with E-state index in [0.717, 1.165) is 27.4 Å². The first kappa shape index (κ1) is 12.0. The smallest absolute Gasteiger partial charge is 0.197 e. The summed E-state index contributed by atoms with van der Waals surface area (Å²) < 4.78 is 0. The third-order valence-electron chi connectivity index (χ3n) is 3.64. The first-order valence-electron chi connectivity index (χ1n) is 6.62. The minimum Gasteiger partial charge on any atom is -0.354 e. The maximum Gasteiger partial charge on any atom is 0.197 e. The summed E-state index contributed by atoms with van der Waals surface area (Å²) in [6.45, 7) is 6.31. The Kier molecular flexibility index (Phi) is 2.67. The zero-order valence-corrected chi connectivity index (χ0v) is 11.4. The molecule has 0 unspecified atom stereocenters. The summed E-state index contributed by atoms with van der Waals surface area (Å²) in [7, 11) is 0. The molecule has 0 saturated heterocycles. The summed E-state index contributed by atoms with van der Waals surface area (Å²) in [6.07, 6.45) is 0. The van der Waals surface area contributed by atoms with Crippen LogP contribution in [0, 0.1) is 6.92 Å². The third-order valence-corrected chi connectivity index (χ3v) is 3.64. The van der Waals surface area contributed by atoms with Crippen molar-refractivity contribution in [2.24, 2.45) is 0 Å². The predicted octanol–water partition coefficient (Wildman–Crippen LogP) is 4.11. The molecule has 0 radical (unpaired) electrons. The molecular weight excluding hydrogens is 234 g/mol. The van der Waals surface area contributed by atoms with E-state index in [2.05, 4.69) is 24.9 Å². The molecule has 0 atom stereocenters. The lowest BCUT2D eigenvalue weighted by Crippen LogP contribution is -2.05. The van der Waals surface area contributed by atoms with E-state index < -0.39 is 0 Å². The maximum atomic E-state index is 12.6. The molecule has 0 saturated carbocycles. The van der Waals surface area contributed by atoms with Crippen LogP contribution in [0.2, 0.25) is 0 Å². The van der Waals surface area contributed by atoms with Crippen LogP contribution in [0.1, 0.15) is 30.9 Å². The minimum atomic E-state index is 0.117. The van der Waals surface area contributed by atoms with Gasteiger partial charge in [0.1, 0.15) is 0 Å². The topological polar surface area (TPSA) is 32.9 Å². The fourth-order valence-corrected chi connectivity index (χ4v) is 2.47. The van der Waals surface area contributed by atoms with Crippen LogP contribution in [-0.4, -0.2) is 4.98 Å². The van der Waals surface area contributed by atoms with E-state index in [4.69, 9.17) is 0 Å². The Hall–Kier alpha value is -2.09. The van der Waals surface area contributed by atoms with Crippen LogP contribution < -0.4 is 5.43 Å². The van der Waals surface area contributed by atoms with Gasteiger partial charge >= 0.3 is 0 Å². The van der Waals surface area contributed by atoms with Crippen LogP contribution in [-0.2, 0) is 0 Å². The zero-order valence-electron chi connectivity index (χ0n) is 11.4. The molecule has 0 aliphatic rings. The lowest BCUT2D eigenvalue weighted by Gasteiger charge is -2.08. The Morgan fingerprint density at radius 3 is 2.47 bits per heavy atom. The van der Waals surface area contributed by atoms with Crippen molar-refractivity contribution in [1.82, 2.24) is 4.98 Å². The van der Waals surface area contributed by atoms with Crippen molar-refractivity contribution in [3.05, 3.63) is 57.7 Å². The van der Waals surface area contributed by atoms with E-state index in [1.165, 1.54) is 5.56 Å². The van der Waals surface area contributed by atoms with Crippen LogP contribution >= 0.6 is 0 Å². The standard InChI is InChI=1S/C17H17NO/c1-10(2)12-5-7-15-14(9-12)17(19)13-6-4-11(3)8-16(13)18-15/h4-10H,1-3H3,(H,18,19). The summed E-state index contributed by atoms with van der Waals surface area (Å²) in [5.41, 5.74) is 4.29. The van der Waals surface area contributed by atoms with Gasteiger partial charge in [0.25, 0.3) is 0 Å². The van der Waals surface area contributed by atoms with E-state index >= 15 is 0 Å². The maximum absolute atomic E-state index is 12.6. The molecule has 2 nitrogen and oxygen atoms in total. The number of benzene rings is 2. The van der Waals surface area contributed by atoms with E-state index in [1.54, 1.807) is 0 Å². The zero-order chi connectivity index (χ0) is 13.6. The third kappa shape index (κ3) is 1.93. The Morgan fingerprint density at radius 2 is 1.74 bits per heavy atom. The second kappa shape index (κ2) is 4.23. The number of nitrogens with one attached hydrogen (secondary N) is 1. The van der Waals surface area contributed by atoms with Gasteiger partial charge in [-0.25, -0.2) is 0 Å². The number of hydrogen-bond donors (Lipinski definition) is 1. The van der Waals surface area contributed by atoms with E-state index in [1.807, 2.05) is 37.3 Å². The fraction of sp³-hybridized carbons (Fsp3) is 0.235. The van der Waals surface area contributed by atoms with Crippen LogP contribution in [0.3, 0.4) is 0 Å². The molecule has 0 aliphatic heterocycles. The first-order valence-corrected chi connectivity index (χ1v) is 6.62. The Labute approximate surface area is 112 Å². The van der Waals surface area contributed by atoms with Crippen molar-refractivity contribution in [2.75, 3.05) is 0 Å². The van der Waals surface area contributed by atoms with Crippen molar-refractivity contribution in [3.63, 3.8) is 0 Å². The van der Waals surface area contributed by atoms with Gasteiger partial charge in [0, 0.05) is 21.8 Å². The highest BCUT2D eigenvalue weighted by molar-refractivity contribution is 5.92. The minimum absolute atomic E-state index is 0.117. The number of aromatic nitrogens is 1. The fourth-order valence-electron chi connectivity index (χ4n) is 2.47. The number of H-pyrrole nitrogens is 1. The van der Waals surface area contributed by atoms with Crippen LogP contribution in [0.4, 0.5) is 0 Å². The molecule has 2 aromatic carbocycles. The average molecular weight is 251 g/mol. The molecule has 96 valence electrons. The van der Waals surface area contributed by atoms with Gasteiger partial charge in [-0.05, 0) is 48.2 Å². The van der Waals surface area contributed by atoms with E-state index in [0.29, 0.717) is 5.92 Å². The molecule has 1 aromatic heterocycles. The lowest BCUT2D eigenvalue weighted by atomic mass is 10.00. The Bertz CT molecular complexity index is 828. The predicted molar refractivity (Wildman–Crippen MR) is 80.9 cm³/mol. The lowest BCUT2D eigenvalue weighted by molar-refractivity contribution is 0.868. The SMILES string of the molecule is Cc1ccc2c(=O)c3cc(C(C)C)ccc3[nH]c2c1. The van der Waals surface area contributed by atoms with Gasteiger partial charge in [-0.15, -0.1) is 0 Å². The van der Waals surface area contributed by atoms with Gasteiger partial charge < -0.3 is 4.98 Å². The quantitative estimate of drug-likeness (QED) is 0.648. The molecule has 2 heteroatoms. The second-order valence-corrected chi connectivity index (χ2v) is 5.46. The highest BCUT2D eigenvalue weighted by Crippen LogP contribution is 2.21. The number of hydrogen-bond acceptors (Lipinski definition) is 1. The van der Waals surface area contributed by atoms with Crippen molar-refractivity contribution >= 4 is 21.8 Å². The van der Waals surface area contributed by atoms with Crippen LogP contribution in [0.5, 0.6) is 0 Å². The summed E-state index contributed by atoms with van der Waals surface area (Å²) in [4.78, 5) is 15.9. The van der Waals surface area contributed by atoms with Crippen LogP contribution in [0.25, 0.3) is 21.8 Å². The average Bonchev–Trinajstić information content (AvgIpc) is 2.38. The number of rotatable bonds is 1. The van der Waals surface area contributed by atoms with Gasteiger partial charge in [-0.1, -0.05) is 26.0 Å². The van der Waals surface area contributed by atoms with Crippen molar-refractivity contribution in [3.8, 4) is 0 Å². The largest absolute Gasteiger partial charge is 0.354 e. The van der Waals surface area contributed by atoms with Gasteiger partial charge in [0.05, 0.1) is 0 Å². The Morgan fingerprint density at radius 1 is 0.947 bits per heavy atom. The van der Waals surface area contributed by atoms with Crippen LogP contribution in [0.15, 0.2) is 41.2 Å². The van der Waals surface area contributed by atoms with Gasteiger partial charge in [-0.2, -0.15) is 0 Å². The summed E-state index contributed by atoms with van der Waals surface area (Å²) in [5.74, 6) is 0.428. The summed E-state index contributed by atoms with van der Waals surface area (Å²) in [6, 6.07) is 12.0. The van der Waals surface area contributed by atoms with E-state index in [9.17, 15) is 4.79 Å². The number of aromatic amines is 1. The van der Waals surface area contributed by atoms with Gasteiger partial charge in [0.15, 0.2) is 5.43 Å². The van der Waals surface area contributed by atoms with Gasteiger partial charge in [-0.3, -0.25) is 4.79 Å². The summed E-state index contributed by atoms with van der Waals surface area (Å²) >= 11 is 0. The molecule has 1 N–H and O–H groups in total. The van der Waals surface area contributed by atoms with Crippen molar-refractivity contribution in [2.45, 2.75) is 26.7 Å². The van der Waals surface area contributed by atoms with Crippen molar-refractivity contribution < 1.29 is 0 Å².